The fraction of sp³-hybridized carbons (Fsp3) is 0.636. The van der Waals surface area contributed by atoms with E-state index in [-0.39, 0.29) is 0 Å². The molecule has 0 heteroatoms. The van der Waals surface area contributed by atoms with E-state index in [4.69, 9.17) is 0 Å². The molecule has 0 amide bonds. The number of hydrogen-bond donors (Lipinski definition) is 0. The van der Waals surface area contributed by atoms with Crippen LogP contribution in [0.25, 0.3) is 0 Å². The molecule has 0 N–H and O–H groups in total. The Hall–Kier alpha value is -0.260. The highest BCUT2D eigenvalue weighted by molar-refractivity contribution is 4.85. The van der Waals surface area contributed by atoms with Crippen molar-refractivity contribution >= 4 is 0 Å². The van der Waals surface area contributed by atoms with Gasteiger partial charge in [0.25, 0.3) is 0 Å². The Balaban J connectivity index is 3.40. The van der Waals surface area contributed by atoms with Crippen molar-refractivity contribution in [1.82, 2.24) is 0 Å². The van der Waals surface area contributed by atoms with E-state index in [1.165, 1.54) is 25.7 Å². The number of unbranched alkanes of at least 4 members (excludes halogenated alkanes) is 1. The van der Waals surface area contributed by atoms with Crippen molar-refractivity contribution in [3.63, 3.8) is 0 Å². The Morgan fingerprint density at radius 2 is 2.18 bits per heavy atom. The van der Waals surface area contributed by atoms with Crippen molar-refractivity contribution in [2.45, 2.75) is 39.0 Å². The molecule has 0 aromatic carbocycles. The summed E-state index contributed by atoms with van der Waals surface area (Å²) in [6.45, 7) is 9.78. The highest BCUT2D eigenvalue weighted by Crippen LogP contribution is 2.16. The molecule has 0 aliphatic rings. The smallest absolute Gasteiger partial charge is 0.0316 e. The quantitative estimate of drug-likeness (QED) is 0.543. The van der Waals surface area contributed by atoms with Crippen molar-refractivity contribution < 1.29 is 0 Å². The minimum Gasteiger partial charge on any atom is -0.0883 e. The van der Waals surface area contributed by atoms with Gasteiger partial charge in [-0.25, -0.2) is 0 Å². The molecule has 11 heavy (non-hydrogen) atoms. The molecule has 1 unspecified atom stereocenters. The van der Waals surface area contributed by atoms with E-state index in [0.717, 1.165) is 12.3 Å². The first-order valence-electron chi connectivity index (χ1n) is 4.58. The van der Waals surface area contributed by atoms with Crippen molar-refractivity contribution in [2.75, 3.05) is 0 Å². The lowest BCUT2D eigenvalue weighted by Gasteiger charge is -2.10. The third-order valence-electron chi connectivity index (χ3n) is 2.08. The normalized spacial score (nSPS) is 14.1. The summed E-state index contributed by atoms with van der Waals surface area (Å²) in [6, 6.07) is 0. The molecule has 2 radical (unpaired) electrons. The van der Waals surface area contributed by atoms with E-state index in [1.807, 2.05) is 6.08 Å². The molecule has 0 heterocycles. The van der Waals surface area contributed by atoms with Gasteiger partial charge in [-0.05, 0) is 19.3 Å². The molecule has 64 valence electrons. The Morgan fingerprint density at radius 1 is 1.45 bits per heavy atom. The second-order valence-electron chi connectivity index (χ2n) is 2.98. The largest absolute Gasteiger partial charge is 0.0883 e. The highest BCUT2D eigenvalue weighted by Gasteiger charge is 2.01. The molecule has 0 rings (SSSR count). The molecule has 0 fully saturated rings. The van der Waals surface area contributed by atoms with Crippen LogP contribution < -0.4 is 0 Å². The molecule has 1 atom stereocenters. The summed E-state index contributed by atoms with van der Waals surface area (Å²) in [4.78, 5) is 0. The molecule has 0 bridgehead atoms. The maximum atomic E-state index is 3.84. The predicted octanol–water partition coefficient (Wildman–Crippen LogP) is 3.80. The molecule has 0 aromatic rings. The van der Waals surface area contributed by atoms with Crippen LogP contribution in [0, 0.1) is 19.8 Å². The van der Waals surface area contributed by atoms with Gasteiger partial charge in [-0.1, -0.05) is 51.7 Å². The van der Waals surface area contributed by atoms with Crippen LogP contribution in [-0.2, 0) is 0 Å². The van der Waals surface area contributed by atoms with E-state index in [0.29, 0.717) is 0 Å². The maximum Gasteiger partial charge on any atom is -0.0316 e. The van der Waals surface area contributed by atoms with Gasteiger partial charge < -0.3 is 0 Å². The van der Waals surface area contributed by atoms with Crippen LogP contribution >= 0.6 is 0 Å². The lowest BCUT2D eigenvalue weighted by atomic mass is 9.96. The monoisotopic (exact) mass is 152 g/mol. The number of hydrogen-bond acceptors (Lipinski definition) is 0. The fourth-order valence-corrected chi connectivity index (χ4v) is 1.21. The molecule has 0 saturated heterocycles. The summed E-state index contributed by atoms with van der Waals surface area (Å²) < 4.78 is 0. The van der Waals surface area contributed by atoms with Crippen LogP contribution in [-0.4, -0.2) is 0 Å². The van der Waals surface area contributed by atoms with Crippen LogP contribution in [0.5, 0.6) is 0 Å². The second-order valence-corrected chi connectivity index (χ2v) is 2.98. The molecule has 0 aromatic heterocycles. The predicted molar refractivity (Wildman–Crippen MR) is 52.1 cm³/mol. The molecule has 0 aliphatic heterocycles. The fourth-order valence-electron chi connectivity index (χ4n) is 1.21. The van der Waals surface area contributed by atoms with E-state index >= 15 is 0 Å². The summed E-state index contributed by atoms with van der Waals surface area (Å²) in [5.74, 6) is 0.856. The third-order valence-corrected chi connectivity index (χ3v) is 2.08. The number of rotatable bonds is 6. The standard InChI is InChI=1S/C11H20/c1-4-7-9-11(6-3)10-8-5-2/h4,7,11H,1-2,5-6,8-10H2,3H3/b7-4+. The Kier molecular flexibility index (Phi) is 7.66. The van der Waals surface area contributed by atoms with Gasteiger partial charge in [0, 0.05) is 0 Å². The SMILES string of the molecule is [CH2]/C=C/CC(CC)CCC[CH2]. The van der Waals surface area contributed by atoms with Gasteiger partial charge in [-0.15, -0.1) is 0 Å². The highest BCUT2D eigenvalue weighted by atomic mass is 14.1. The molecule has 0 saturated carbocycles. The van der Waals surface area contributed by atoms with E-state index in [2.05, 4.69) is 26.8 Å². The zero-order chi connectivity index (χ0) is 8.53. The summed E-state index contributed by atoms with van der Waals surface area (Å²) in [5, 5.41) is 0. The van der Waals surface area contributed by atoms with Crippen molar-refractivity contribution in [3.8, 4) is 0 Å². The first kappa shape index (κ1) is 10.7. The van der Waals surface area contributed by atoms with Crippen molar-refractivity contribution in [1.29, 1.82) is 0 Å². The lowest BCUT2D eigenvalue weighted by Crippen LogP contribution is -1.96. The maximum absolute atomic E-state index is 3.84. The molecule has 0 aliphatic carbocycles. The van der Waals surface area contributed by atoms with Gasteiger partial charge in [0.05, 0.1) is 0 Å². The van der Waals surface area contributed by atoms with Crippen LogP contribution in [0.1, 0.15) is 39.0 Å². The van der Waals surface area contributed by atoms with Gasteiger partial charge in [0.2, 0.25) is 0 Å². The first-order chi connectivity index (χ1) is 5.35. The van der Waals surface area contributed by atoms with Crippen LogP contribution in [0.2, 0.25) is 0 Å². The van der Waals surface area contributed by atoms with E-state index in [9.17, 15) is 0 Å². The van der Waals surface area contributed by atoms with Crippen LogP contribution in [0.3, 0.4) is 0 Å². The van der Waals surface area contributed by atoms with E-state index < -0.39 is 0 Å². The third kappa shape index (κ3) is 6.15. The van der Waals surface area contributed by atoms with Crippen molar-refractivity contribution in [2.24, 2.45) is 5.92 Å². The zero-order valence-electron chi connectivity index (χ0n) is 7.68. The Labute approximate surface area is 71.7 Å². The van der Waals surface area contributed by atoms with Gasteiger partial charge in [0.1, 0.15) is 0 Å². The average molecular weight is 152 g/mol. The van der Waals surface area contributed by atoms with Gasteiger partial charge >= 0.3 is 0 Å². The molecular formula is C11H20. The minimum absolute atomic E-state index is 0.856. The molecule has 0 spiro atoms. The van der Waals surface area contributed by atoms with Crippen LogP contribution in [0.15, 0.2) is 12.2 Å². The summed E-state index contributed by atoms with van der Waals surface area (Å²) in [6.07, 6.45) is 10.2. The second kappa shape index (κ2) is 7.84. The first-order valence-corrected chi connectivity index (χ1v) is 4.58. The van der Waals surface area contributed by atoms with Gasteiger partial charge in [-0.2, -0.15) is 0 Å². The molecular weight excluding hydrogens is 132 g/mol. The minimum atomic E-state index is 0.856. The lowest BCUT2D eigenvalue weighted by molar-refractivity contribution is 0.461. The number of allylic oxidation sites excluding steroid dienone is 2. The topological polar surface area (TPSA) is 0 Å². The van der Waals surface area contributed by atoms with Gasteiger partial charge in [0.15, 0.2) is 0 Å². The Bertz CT molecular complexity index is 92.2. The summed E-state index contributed by atoms with van der Waals surface area (Å²) in [7, 11) is 0. The van der Waals surface area contributed by atoms with Crippen LogP contribution in [0.4, 0.5) is 0 Å². The molecule has 0 nitrogen and oxygen atoms in total. The van der Waals surface area contributed by atoms with E-state index in [1.54, 1.807) is 0 Å². The summed E-state index contributed by atoms with van der Waals surface area (Å²) in [5.41, 5.74) is 0. The van der Waals surface area contributed by atoms with Crippen molar-refractivity contribution in [3.05, 3.63) is 26.0 Å². The Morgan fingerprint density at radius 3 is 2.64 bits per heavy atom. The average Bonchev–Trinajstić information content (AvgIpc) is 2.05. The van der Waals surface area contributed by atoms with Gasteiger partial charge in [-0.3, -0.25) is 0 Å². The summed E-state index contributed by atoms with van der Waals surface area (Å²) >= 11 is 0. The zero-order valence-corrected chi connectivity index (χ0v) is 7.68.